The largest absolute Gasteiger partial charge is 0.435 e. The third-order valence-electron chi connectivity index (χ3n) is 7.08. The van der Waals surface area contributed by atoms with Crippen molar-refractivity contribution in [1.29, 1.82) is 0 Å². The van der Waals surface area contributed by atoms with Crippen molar-refractivity contribution < 1.29 is 31.1 Å². The number of nitrogens with zero attached hydrogens (tertiary/aromatic N) is 2. The second-order valence-electron chi connectivity index (χ2n) is 9.74. The summed E-state index contributed by atoms with van der Waals surface area (Å²) in [4.78, 5) is 3.43. The van der Waals surface area contributed by atoms with Gasteiger partial charge in [0.2, 0.25) is 0 Å². The third kappa shape index (κ3) is 4.93. The van der Waals surface area contributed by atoms with E-state index in [-0.39, 0.29) is 12.5 Å². The van der Waals surface area contributed by atoms with Crippen molar-refractivity contribution in [1.82, 2.24) is 14.8 Å². The van der Waals surface area contributed by atoms with Crippen LogP contribution in [-0.4, -0.2) is 27.6 Å². The zero-order chi connectivity index (χ0) is 27.3. The highest BCUT2D eigenvalue weighted by atomic mass is 32.2. The zero-order valence-electron chi connectivity index (χ0n) is 20.6. The molecule has 11 heteroatoms. The SMILES string of the molecule is CSCn1nc(C(F)(F)F)cc1C1CC(C)(c2[nH]c3ccccc3c2-c2cccc(C(F)(F)F)c2)CCO1. The van der Waals surface area contributed by atoms with Crippen LogP contribution in [0.4, 0.5) is 26.3 Å². The molecular formula is C27H25F6N3OS. The number of aromatic amines is 1. The van der Waals surface area contributed by atoms with E-state index in [0.29, 0.717) is 29.7 Å². The topological polar surface area (TPSA) is 42.8 Å². The Morgan fingerprint density at radius 2 is 1.82 bits per heavy atom. The molecule has 4 nitrogen and oxygen atoms in total. The van der Waals surface area contributed by atoms with Gasteiger partial charge in [-0.3, -0.25) is 4.68 Å². The fraction of sp³-hybridized carbons (Fsp3) is 0.370. The summed E-state index contributed by atoms with van der Waals surface area (Å²) in [6, 6.07) is 13.6. The minimum absolute atomic E-state index is 0.226. The van der Waals surface area contributed by atoms with Crippen molar-refractivity contribution in [3.05, 3.63) is 77.2 Å². The first-order valence-corrected chi connectivity index (χ1v) is 13.3. The van der Waals surface area contributed by atoms with Gasteiger partial charge in [0.15, 0.2) is 5.69 Å². The van der Waals surface area contributed by atoms with Crippen molar-refractivity contribution in [2.24, 2.45) is 0 Å². The number of benzene rings is 2. The predicted octanol–water partition coefficient (Wildman–Crippen LogP) is 8.20. The fourth-order valence-corrected chi connectivity index (χ4v) is 5.67. The lowest BCUT2D eigenvalue weighted by Crippen LogP contribution is -2.34. The number of hydrogen-bond acceptors (Lipinski definition) is 3. The maximum absolute atomic E-state index is 13.6. The van der Waals surface area contributed by atoms with Crippen LogP contribution in [0, 0.1) is 0 Å². The summed E-state index contributed by atoms with van der Waals surface area (Å²) in [5.74, 6) is 0.226. The molecule has 38 heavy (non-hydrogen) atoms. The van der Waals surface area contributed by atoms with Gasteiger partial charge >= 0.3 is 12.4 Å². The van der Waals surface area contributed by atoms with Gasteiger partial charge in [-0.05, 0) is 48.9 Å². The van der Waals surface area contributed by atoms with Crippen LogP contribution >= 0.6 is 11.8 Å². The number of thioether (sulfide) groups is 1. The fourth-order valence-electron chi connectivity index (χ4n) is 5.21. The van der Waals surface area contributed by atoms with Gasteiger partial charge in [-0.2, -0.15) is 31.4 Å². The van der Waals surface area contributed by atoms with Gasteiger partial charge in [0.25, 0.3) is 0 Å². The average molecular weight is 554 g/mol. The maximum Gasteiger partial charge on any atom is 0.435 e. The summed E-state index contributed by atoms with van der Waals surface area (Å²) < 4.78 is 88.4. The van der Waals surface area contributed by atoms with E-state index in [0.717, 1.165) is 34.8 Å². The van der Waals surface area contributed by atoms with Crippen LogP contribution in [0.2, 0.25) is 0 Å². The number of fused-ring (bicyclic) bond motifs is 1. The van der Waals surface area contributed by atoms with Gasteiger partial charge < -0.3 is 9.72 Å². The third-order valence-corrected chi connectivity index (χ3v) is 7.58. The molecule has 2 aromatic carbocycles. The lowest BCUT2D eigenvalue weighted by molar-refractivity contribution is -0.141. The van der Waals surface area contributed by atoms with Crippen LogP contribution in [0.15, 0.2) is 54.6 Å². The molecule has 4 aromatic rings. The van der Waals surface area contributed by atoms with E-state index in [1.54, 1.807) is 12.3 Å². The molecular weight excluding hydrogens is 528 g/mol. The summed E-state index contributed by atoms with van der Waals surface area (Å²) in [6.45, 7) is 2.24. The number of rotatable bonds is 5. The average Bonchev–Trinajstić information content (AvgIpc) is 3.47. The number of aromatic nitrogens is 3. The minimum atomic E-state index is -4.59. The van der Waals surface area contributed by atoms with E-state index in [1.165, 1.54) is 22.5 Å². The number of nitrogens with one attached hydrogen (secondary N) is 1. The molecule has 0 saturated carbocycles. The first kappa shape index (κ1) is 26.7. The molecule has 2 unspecified atom stereocenters. The Morgan fingerprint density at radius 1 is 1.05 bits per heavy atom. The molecule has 3 heterocycles. The molecule has 0 amide bonds. The van der Waals surface area contributed by atoms with E-state index < -0.39 is 35.1 Å². The summed E-state index contributed by atoms with van der Waals surface area (Å²) in [5, 5.41) is 4.55. The minimum Gasteiger partial charge on any atom is -0.372 e. The summed E-state index contributed by atoms with van der Waals surface area (Å²) in [6.07, 6.45) is -7.14. The first-order valence-electron chi connectivity index (χ1n) is 11.9. The Kier molecular flexibility index (Phi) is 6.79. The van der Waals surface area contributed by atoms with Gasteiger partial charge in [-0.15, -0.1) is 11.8 Å². The zero-order valence-corrected chi connectivity index (χ0v) is 21.4. The molecule has 0 spiro atoms. The number of alkyl halides is 6. The Morgan fingerprint density at radius 3 is 2.53 bits per heavy atom. The monoisotopic (exact) mass is 553 g/mol. The highest BCUT2D eigenvalue weighted by Crippen LogP contribution is 2.48. The molecule has 5 rings (SSSR count). The second kappa shape index (κ2) is 9.68. The molecule has 1 aliphatic heterocycles. The highest BCUT2D eigenvalue weighted by molar-refractivity contribution is 7.97. The molecule has 2 atom stereocenters. The Bertz CT molecular complexity index is 1460. The van der Waals surface area contributed by atoms with Gasteiger partial charge in [0.05, 0.1) is 17.1 Å². The Hall–Kier alpha value is -2.92. The number of para-hydroxylation sites is 1. The van der Waals surface area contributed by atoms with Gasteiger partial charge in [0.1, 0.15) is 6.10 Å². The van der Waals surface area contributed by atoms with E-state index in [1.807, 2.05) is 31.2 Å². The summed E-state index contributed by atoms with van der Waals surface area (Å²) in [7, 11) is 0. The smallest absolute Gasteiger partial charge is 0.372 e. The first-order chi connectivity index (χ1) is 17.9. The van der Waals surface area contributed by atoms with E-state index >= 15 is 0 Å². The summed E-state index contributed by atoms with van der Waals surface area (Å²) >= 11 is 1.34. The molecule has 1 aliphatic rings. The molecule has 0 bridgehead atoms. The molecule has 1 saturated heterocycles. The normalized spacial score (nSPS) is 20.8. The molecule has 0 aliphatic carbocycles. The van der Waals surface area contributed by atoms with Crippen molar-refractivity contribution in [3.8, 4) is 11.1 Å². The van der Waals surface area contributed by atoms with Crippen LogP contribution in [-0.2, 0) is 28.4 Å². The van der Waals surface area contributed by atoms with Gasteiger partial charge in [-0.25, -0.2) is 0 Å². The summed E-state index contributed by atoms with van der Waals surface area (Å²) in [5.41, 5.74) is 0.554. The standard InChI is InChI=1S/C27H25F6N3OS/c1-25(10-11-37-21(14-25)20-13-22(27(31,32)33)35-36(20)15-38-2)24-23(18-8-3-4-9-19(18)34-24)16-6-5-7-17(12-16)26(28,29)30/h3-9,12-13,21,34H,10-11,14-15H2,1-2H3. The van der Waals surface area contributed by atoms with Crippen molar-refractivity contribution in [2.45, 2.75) is 49.5 Å². The van der Waals surface area contributed by atoms with E-state index in [2.05, 4.69) is 10.1 Å². The van der Waals surface area contributed by atoms with Crippen LogP contribution in [0.5, 0.6) is 0 Å². The van der Waals surface area contributed by atoms with Crippen LogP contribution in [0.25, 0.3) is 22.0 Å². The molecule has 2 aromatic heterocycles. The number of hydrogen-bond donors (Lipinski definition) is 1. The Labute approximate surface area is 219 Å². The van der Waals surface area contributed by atoms with Gasteiger partial charge in [0, 0.05) is 34.2 Å². The molecule has 1 fully saturated rings. The number of H-pyrrole nitrogens is 1. The van der Waals surface area contributed by atoms with Gasteiger partial charge in [-0.1, -0.05) is 37.3 Å². The quantitative estimate of drug-likeness (QED) is 0.253. The van der Waals surface area contributed by atoms with E-state index in [4.69, 9.17) is 4.74 Å². The molecule has 1 N–H and O–H groups in total. The predicted molar refractivity (Wildman–Crippen MR) is 135 cm³/mol. The second-order valence-corrected chi connectivity index (χ2v) is 10.6. The molecule has 0 radical (unpaired) electrons. The lowest BCUT2D eigenvalue weighted by atomic mass is 9.74. The highest BCUT2D eigenvalue weighted by Gasteiger charge is 2.42. The van der Waals surface area contributed by atoms with Crippen LogP contribution in [0.3, 0.4) is 0 Å². The maximum atomic E-state index is 13.6. The number of ether oxygens (including phenoxy) is 1. The Balaban J connectivity index is 1.61. The van der Waals surface area contributed by atoms with Crippen molar-refractivity contribution >= 4 is 22.7 Å². The van der Waals surface area contributed by atoms with Crippen LogP contribution < -0.4 is 0 Å². The van der Waals surface area contributed by atoms with Crippen molar-refractivity contribution in [2.75, 3.05) is 12.9 Å². The number of halogens is 6. The van der Waals surface area contributed by atoms with E-state index in [9.17, 15) is 26.3 Å². The lowest BCUT2D eigenvalue weighted by Gasteiger charge is -2.38. The van der Waals surface area contributed by atoms with Crippen LogP contribution in [0.1, 0.15) is 48.5 Å². The van der Waals surface area contributed by atoms with Crippen molar-refractivity contribution in [3.63, 3.8) is 0 Å². The molecule has 202 valence electrons.